The first-order valence-electron chi connectivity index (χ1n) is 8.61. The fraction of sp³-hybridized carbons (Fsp3) is 0.143. The molecule has 2 aromatic carbocycles. The number of ether oxygens (including phenoxy) is 1. The van der Waals surface area contributed by atoms with E-state index in [2.05, 4.69) is 16.4 Å². The van der Waals surface area contributed by atoms with Crippen LogP contribution in [-0.2, 0) is 6.42 Å². The van der Waals surface area contributed by atoms with Gasteiger partial charge in [0.2, 0.25) is 0 Å². The number of nitrogens with one attached hydrogen (secondary N) is 1. The molecule has 5 nitrogen and oxygen atoms in total. The van der Waals surface area contributed by atoms with E-state index in [1.165, 1.54) is 5.56 Å². The largest absolute Gasteiger partial charge is 0.495 e. The summed E-state index contributed by atoms with van der Waals surface area (Å²) < 4.78 is 5.35. The maximum atomic E-state index is 13.0. The minimum Gasteiger partial charge on any atom is -0.495 e. The Labute approximate surface area is 162 Å². The number of pyridine rings is 1. The summed E-state index contributed by atoms with van der Waals surface area (Å²) in [6.45, 7) is 0.679. The van der Waals surface area contributed by atoms with Crippen molar-refractivity contribution >= 4 is 34.6 Å². The van der Waals surface area contributed by atoms with Crippen molar-refractivity contribution in [2.45, 2.75) is 6.42 Å². The summed E-state index contributed by atoms with van der Waals surface area (Å²) in [6, 6.07) is 15.1. The van der Waals surface area contributed by atoms with Gasteiger partial charge in [0.15, 0.2) is 0 Å². The summed E-state index contributed by atoms with van der Waals surface area (Å²) in [5.41, 5.74) is 4.09. The predicted molar refractivity (Wildman–Crippen MR) is 107 cm³/mol. The number of hydrogen-bond acceptors (Lipinski definition) is 4. The summed E-state index contributed by atoms with van der Waals surface area (Å²) in [5.74, 6) is 0.596. The molecule has 0 spiro atoms. The number of carbonyl (C=O) groups is 1. The van der Waals surface area contributed by atoms with E-state index in [0.29, 0.717) is 34.3 Å². The van der Waals surface area contributed by atoms with Gasteiger partial charge in [-0.25, -0.2) is 0 Å². The van der Waals surface area contributed by atoms with Crippen molar-refractivity contribution in [2.24, 2.45) is 0 Å². The number of para-hydroxylation sites is 1. The highest BCUT2D eigenvalue weighted by molar-refractivity contribution is 6.31. The van der Waals surface area contributed by atoms with Crippen LogP contribution in [0.25, 0.3) is 0 Å². The Morgan fingerprint density at radius 1 is 1.19 bits per heavy atom. The smallest absolute Gasteiger partial charge is 0.259 e. The lowest BCUT2D eigenvalue weighted by molar-refractivity contribution is 0.0989. The van der Waals surface area contributed by atoms with Crippen LogP contribution in [0.1, 0.15) is 15.9 Å². The lowest BCUT2D eigenvalue weighted by atomic mass is 10.2. The van der Waals surface area contributed by atoms with Crippen LogP contribution < -0.4 is 15.0 Å². The molecule has 1 aromatic heterocycles. The number of anilines is 3. The lowest BCUT2D eigenvalue weighted by Gasteiger charge is -2.18. The van der Waals surface area contributed by atoms with E-state index in [1.54, 1.807) is 48.7 Å². The molecule has 1 aliphatic heterocycles. The fourth-order valence-corrected chi connectivity index (χ4v) is 3.44. The molecule has 27 heavy (non-hydrogen) atoms. The third-order valence-electron chi connectivity index (χ3n) is 4.56. The lowest BCUT2D eigenvalue weighted by Crippen LogP contribution is -2.29. The zero-order valence-corrected chi connectivity index (χ0v) is 15.5. The molecule has 0 bridgehead atoms. The van der Waals surface area contributed by atoms with Gasteiger partial charge in [0.1, 0.15) is 5.75 Å². The Morgan fingerprint density at radius 2 is 2.04 bits per heavy atom. The quantitative estimate of drug-likeness (QED) is 0.714. The van der Waals surface area contributed by atoms with Gasteiger partial charge < -0.3 is 15.0 Å². The number of benzene rings is 2. The Hall–Kier alpha value is -3.05. The van der Waals surface area contributed by atoms with Gasteiger partial charge in [-0.1, -0.05) is 29.8 Å². The van der Waals surface area contributed by atoms with Crippen molar-refractivity contribution in [3.05, 3.63) is 77.1 Å². The highest BCUT2D eigenvalue weighted by Crippen LogP contribution is 2.32. The molecular weight excluding hydrogens is 362 g/mol. The maximum absolute atomic E-state index is 13.0. The van der Waals surface area contributed by atoms with E-state index in [4.69, 9.17) is 16.3 Å². The molecule has 6 heteroatoms. The second-order valence-electron chi connectivity index (χ2n) is 6.27. The van der Waals surface area contributed by atoms with E-state index in [0.717, 1.165) is 12.1 Å². The van der Waals surface area contributed by atoms with Gasteiger partial charge in [-0.05, 0) is 42.3 Å². The van der Waals surface area contributed by atoms with Crippen molar-refractivity contribution in [3.8, 4) is 5.75 Å². The highest BCUT2D eigenvalue weighted by atomic mass is 35.5. The van der Waals surface area contributed by atoms with Crippen LogP contribution >= 0.6 is 11.6 Å². The van der Waals surface area contributed by atoms with Gasteiger partial charge in [0.25, 0.3) is 5.91 Å². The molecule has 0 saturated heterocycles. The van der Waals surface area contributed by atoms with Crippen molar-refractivity contribution in [1.29, 1.82) is 0 Å². The monoisotopic (exact) mass is 379 g/mol. The van der Waals surface area contributed by atoms with Gasteiger partial charge in [0.05, 0.1) is 30.2 Å². The average Bonchev–Trinajstić information content (AvgIpc) is 3.12. The normalized spacial score (nSPS) is 12.6. The number of carbonyl (C=O) groups excluding carboxylic acids is 1. The topological polar surface area (TPSA) is 54.5 Å². The number of halogens is 1. The van der Waals surface area contributed by atoms with Crippen LogP contribution in [0.4, 0.5) is 17.1 Å². The molecule has 0 unspecified atom stereocenters. The Morgan fingerprint density at radius 3 is 2.89 bits per heavy atom. The van der Waals surface area contributed by atoms with Gasteiger partial charge in [-0.2, -0.15) is 0 Å². The van der Waals surface area contributed by atoms with Crippen molar-refractivity contribution in [2.75, 3.05) is 23.9 Å². The number of nitrogens with zero attached hydrogens (tertiary/aromatic N) is 2. The molecule has 0 saturated carbocycles. The number of rotatable bonds is 4. The second kappa shape index (κ2) is 7.29. The fourth-order valence-electron chi connectivity index (χ4n) is 3.26. The van der Waals surface area contributed by atoms with E-state index < -0.39 is 0 Å². The summed E-state index contributed by atoms with van der Waals surface area (Å²) >= 11 is 6.08. The molecular formula is C21H18ClN3O2. The Balaban J connectivity index is 1.60. The molecule has 136 valence electrons. The van der Waals surface area contributed by atoms with E-state index in [1.807, 2.05) is 18.2 Å². The highest BCUT2D eigenvalue weighted by Gasteiger charge is 2.25. The zero-order chi connectivity index (χ0) is 18.8. The first-order valence-corrected chi connectivity index (χ1v) is 8.99. The van der Waals surface area contributed by atoms with E-state index in [9.17, 15) is 4.79 Å². The average molecular weight is 380 g/mol. The van der Waals surface area contributed by atoms with Crippen LogP contribution in [0, 0.1) is 0 Å². The van der Waals surface area contributed by atoms with Gasteiger partial charge in [0, 0.05) is 23.5 Å². The Kier molecular flexibility index (Phi) is 4.69. The minimum absolute atomic E-state index is 0.0610. The first kappa shape index (κ1) is 17.4. The maximum Gasteiger partial charge on any atom is 0.259 e. The van der Waals surface area contributed by atoms with Crippen molar-refractivity contribution < 1.29 is 9.53 Å². The van der Waals surface area contributed by atoms with Crippen LogP contribution in [0.3, 0.4) is 0 Å². The molecule has 2 heterocycles. The molecule has 4 rings (SSSR count). The minimum atomic E-state index is -0.0610. The molecule has 0 atom stereocenters. The summed E-state index contributed by atoms with van der Waals surface area (Å²) in [4.78, 5) is 19.0. The molecule has 0 radical (unpaired) electrons. The molecule has 0 aliphatic carbocycles. The van der Waals surface area contributed by atoms with Crippen LogP contribution in [-0.4, -0.2) is 24.5 Å². The standard InChI is InChI=1S/C21H18ClN3O2/c1-27-20-7-6-16(22)11-18(20)24-17-10-15(12-23-13-17)21(26)25-9-8-14-4-2-3-5-19(14)25/h2-7,10-13,24H,8-9H2,1H3. The number of hydrogen-bond donors (Lipinski definition) is 1. The van der Waals surface area contributed by atoms with Crippen LogP contribution in [0.2, 0.25) is 5.02 Å². The van der Waals surface area contributed by atoms with E-state index >= 15 is 0 Å². The second-order valence-corrected chi connectivity index (χ2v) is 6.70. The van der Waals surface area contributed by atoms with E-state index in [-0.39, 0.29) is 5.91 Å². The van der Waals surface area contributed by atoms with Crippen molar-refractivity contribution in [1.82, 2.24) is 4.98 Å². The number of fused-ring (bicyclic) bond motifs is 1. The zero-order valence-electron chi connectivity index (χ0n) is 14.8. The third kappa shape index (κ3) is 3.46. The van der Waals surface area contributed by atoms with Gasteiger partial charge in [-0.3, -0.25) is 9.78 Å². The summed E-state index contributed by atoms with van der Waals surface area (Å²) in [6.07, 6.45) is 4.12. The molecule has 1 amide bonds. The number of amides is 1. The molecule has 1 aliphatic rings. The van der Waals surface area contributed by atoms with Crippen LogP contribution in [0.15, 0.2) is 60.9 Å². The molecule has 3 aromatic rings. The predicted octanol–water partition coefficient (Wildman–Crippen LogP) is 4.69. The summed E-state index contributed by atoms with van der Waals surface area (Å²) in [5, 5.41) is 3.82. The SMILES string of the molecule is COc1ccc(Cl)cc1Nc1cncc(C(=O)N2CCc3ccccc32)c1. The number of methoxy groups -OCH3 is 1. The summed E-state index contributed by atoms with van der Waals surface area (Å²) in [7, 11) is 1.59. The van der Waals surface area contributed by atoms with Crippen molar-refractivity contribution in [3.63, 3.8) is 0 Å². The van der Waals surface area contributed by atoms with Gasteiger partial charge >= 0.3 is 0 Å². The first-order chi connectivity index (χ1) is 13.2. The molecule has 1 N–H and O–H groups in total. The Bertz CT molecular complexity index is 1010. The van der Waals surface area contributed by atoms with Crippen LogP contribution in [0.5, 0.6) is 5.75 Å². The third-order valence-corrected chi connectivity index (χ3v) is 4.79. The molecule has 0 fully saturated rings. The van der Waals surface area contributed by atoms with Gasteiger partial charge in [-0.15, -0.1) is 0 Å². The number of aromatic nitrogens is 1.